The van der Waals surface area contributed by atoms with Crippen molar-refractivity contribution >= 4 is 39.6 Å². The van der Waals surface area contributed by atoms with Crippen LogP contribution in [0.5, 0.6) is 11.5 Å². The van der Waals surface area contributed by atoms with Crippen LogP contribution < -0.4 is 15.5 Å². The lowest BCUT2D eigenvalue weighted by molar-refractivity contribution is -0.121. The van der Waals surface area contributed by atoms with E-state index in [1.165, 1.54) is 6.07 Å². The maximum absolute atomic E-state index is 11.9. The highest BCUT2D eigenvalue weighted by molar-refractivity contribution is 9.10. The molecule has 0 saturated heterocycles. The minimum atomic E-state index is -0.155. The Morgan fingerprint density at radius 3 is 2.47 bits per heavy atom. The van der Waals surface area contributed by atoms with E-state index in [0.29, 0.717) is 24.3 Å². The quantitative estimate of drug-likeness (QED) is 0.191. The van der Waals surface area contributed by atoms with Crippen LogP contribution in [0.1, 0.15) is 44.1 Å². The number of carbonyl (C=O) groups is 2. The molecule has 30 heavy (non-hydrogen) atoms. The van der Waals surface area contributed by atoms with Crippen molar-refractivity contribution in [3.05, 3.63) is 52.5 Å². The molecule has 0 aromatic heterocycles. The van der Waals surface area contributed by atoms with Crippen molar-refractivity contribution in [3.8, 4) is 11.5 Å². The first-order valence-corrected chi connectivity index (χ1v) is 10.5. The van der Waals surface area contributed by atoms with Crippen molar-refractivity contribution in [1.29, 1.82) is 0 Å². The minimum absolute atomic E-state index is 0.0536. The summed E-state index contributed by atoms with van der Waals surface area (Å²) in [6, 6.07) is 12.2. The number of ether oxygens (including phenoxy) is 1. The highest BCUT2D eigenvalue weighted by Crippen LogP contribution is 2.22. The van der Waals surface area contributed by atoms with E-state index in [2.05, 4.69) is 31.8 Å². The van der Waals surface area contributed by atoms with Crippen molar-refractivity contribution in [1.82, 2.24) is 5.43 Å². The third-order valence-corrected chi connectivity index (χ3v) is 4.81. The van der Waals surface area contributed by atoms with Gasteiger partial charge in [0.15, 0.2) is 0 Å². The normalized spacial score (nSPS) is 10.7. The van der Waals surface area contributed by atoms with Gasteiger partial charge in [-0.2, -0.15) is 5.10 Å². The smallest absolute Gasteiger partial charge is 0.240 e. The Labute approximate surface area is 184 Å². The molecule has 0 bridgehead atoms. The summed E-state index contributed by atoms with van der Waals surface area (Å²) in [5.41, 5.74) is 3.69. The maximum atomic E-state index is 11.9. The number of phenolic OH excluding ortho intramolecular Hbond substituents is 1. The van der Waals surface area contributed by atoms with Gasteiger partial charge in [0.25, 0.3) is 0 Å². The highest BCUT2D eigenvalue weighted by Gasteiger charge is 2.06. The first kappa shape index (κ1) is 23.4. The van der Waals surface area contributed by atoms with Gasteiger partial charge in [0, 0.05) is 22.9 Å². The summed E-state index contributed by atoms with van der Waals surface area (Å²) < 4.78 is 6.14. The Morgan fingerprint density at radius 2 is 1.77 bits per heavy atom. The molecule has 2 aromatic rings. The van der Waals surface area contributed by atoms with Crippen molar-refractivity contribution in [2.24, 2.45) is 5.10 Å². The van der Waals surface area contributed by atoms with E-state index in [4.69, 9.17) is 4.74 Å². The van der Waals surface area contributed by atoms with Gasteiger partial charge in [-0.25, -0.2) is 5.43 Å². The number of hydrogen-bond acceptors (Lipinski definition) is 5. The van der Waals surface area contributed by atoms with Crippen LogP contribution in [0.15, 0.2) is 52.0 Å². The fraction of sp³-hybridized carbons (Fsp3) is 0.318. The van der Waals surface area contributed by atoms with E-state index in [1.807, 2.05) is 18.2 Å². The molecule has 0 atom stereocenters. The minimum Gasteiger partial charge on any atom is -0.506 e. The lowest BCUT2D eigenvalue weighted by atomic mass is 10.1. The van der Waals surface area contributed by atoms with Gasteiger partial charge in [0.1, 0.15) is 11.5 Å². The number of aromatic hydroxyl groups is 1. The van der Waals surface area contributed by atoms with E-state index in [0.717, 1.165) is 35.7 Å². The zero-order valence-corrected chi connectivity index (χ0v) is 18.4. The third-order valence-electron chi connectivity index (χ3n) is 4.32. The molecule has 0 heterocycles. The molecular formula is C22H26BrN3O4. The molecule has 8 heteroatoms. The zero-order valence-electron chi connectivity index (χ0n) is 16.9. The largest absolute Gasteiger partial charge is 0.506 e. The molecule has 0 fully saturated rings. The van der Waals surface area contributed by atoms with Gasteiger partial charge in [-0.3, -0.25) is 9.59 Å². The third kappa shape index (κ3) is 8.24. The number of amides is 2. The summed E-state index contributed by atoms with van der Waals surface area (Å²) in [5.74, 6) is 0.435. The molecule has 0 unspecified atom stereocenters. The number of phenols is 1. The van der Waals surface area contributed by atoms with Gasteiger partial charge in [-0.1, -0.05) is 40.9 Å². The van der Waals surface area contributed by atoms with E-state index in [-0.39, 0.29) is 17.6 Å². The molecule has 7 nitrogen and oxygen atoms in total. The van der Waals surface area contributed by atoms with Crippen molar-refractivity contribution in [2.75, 3.05) is 12.4 Å². The lowest BCUT2D eigenvalue weighted by Crippen LogP contribution is -2.17. The summed E-state index contributed by atoms with van der Waals surface area (Å²) in [5, 5.41) is 16.3. The van der Waals surface area contributed by atoms with Crippen molar-refractivity contribution < 1.29 is 19.4 Å². The van der Waals surface area contributed by atoms with Crippen LogP contribution in [-0.4, -0.2) is 30.2 Å². The Kier molecular flexibility index (Phi) is 9.86. The van der Waals surface area contributed by atoms with Crippen LogP contribution in [-0.2, 0) is 9.59 Å². The number of anilines is 1. The molecule has 3 N–H and O–H groups in total. The molecule has 160 valence electrons. The summed E-state index contributed by atoms with van der Waals surface area (Å²) in [6.45, 7) is 0. The second-order valence-electron chi connectivity index (χ2n) is 6.66. The fourth-order valence-electron chi connectivity index (χ4n) is 2.75. The standard InChI is InChI=1S/C22H26BrN3O4/c1-30-20-13-12-17(23)14-16(20)15-24-26-22(29)11-5-3-2-4-10-21(28)25-18-8-6-7-9-19(18)27/h6-9,12-15,27H,2-5,10-11H2,1H3,(H,25,28)(H,26,29). The average Bonchev–Trinajstić information content (AvgIpc) is 2.72. The number of rotatable bonds is 11. The lowest BCUT2D eigenvalue weighted by Gasteiger charge is -2.07. The second-order valence-corrected chi connectivity index (χ2v) is 7.57. The number of nitrogens with zero attached hydrogens (tertiary/aromatic N) is 1. The molecule has 2 amide bonds. The van der Waals surface area contributed by atoms with Gasteiger partial charge < -0.3 is 15.2 Å². The average molecular weight is 476 g/mol. The first-order valence-electron chi connectivity index (χ1n) is 9.73. The zero-order chi connectivity index (χ0) is 21.8. The van der Waals surface area contributed by atoms with Gasteiger partial charge in [0.2, 0.25) is 11.8 Å². The molecule has 2 rings (SSSR count). The first-order chi connectivity index (χ1) is 14.5. The molecule has 0 aliphatic carbocycles. The number of para-hydroxylation sites is 2. The summed E-state index contributed by atoms with van der Waals surface area (Å²) in [7, 11) is 1.58. The predicted octanol–water partition coefficient (Wildman–Crippen LogP) is 4.59. The second kappa shape index (κ2) is 12.6. The SMILES string of the molecule is COc1ccc(Br)cc1C=NNC(=O)CCCCCCC(=O)Nc1ccccc1O. The maximum Gasteiger partial charge on any atom is 0.240 e. The molecule has 0 spiro atoms. The summed E-state index contributed by atoms with van der Waals surface area (Å²) in [6.07, 6.45) is 5.44. The molecule has 0 aliphatic rings. The van der Waals surface area contributed by atoms with Crippen LogP contribution in [0.25, 0.3) is 0 Å². The molecule has 0 saturated carbocycles. The molecule has 0 radical (unpaired) electrons. The fourth-order valence-corrected chi connectivity index (χ4v) is 3.13. The van der Waals surface area contributed by atoms with E-state index in [1.54, 1.807) is 31.5 Å². The Hall–Kier alpha value is -2.87. The van der Waals surface area contributed by atoms with Crippen LogP contribution in [0.4, 0.5) is 5.69 Å². The van der Waals surface area contributed by atoms with Gasteiger partial charge in [-0.15, -0.1) is 0 Å². The topological polar surface area (TPSA) is 100 Å². The molecular weight excluding hydrogens is 450 g/mol. The number of hydrazone groups is 1. The molecule has 2 aromatic carbocycles. The highest BCUT2D eigenvalue weighted by atomic mass is 79.9. The summed E-state index contributed by atoms with van der Waals surface area (Å²) in [4.78, 5) is 23.8. The van der Waals surface area contributed by atoms with E-state index in [9.17, 15) is 14.7 Å². The number of hydrogen-bond donors (Lipinski definition) is 3. The number of halogens is 1. The van der Waals surface area contributed by atoms with Crippen LogP contribution >= 0.6 is 15.9 Å². The number of benzene rings is 2. The van der Waals surface area contributed by atoms with E-state index < -0.39 is 0 Å². The monoisotopic (exact) mass is 475 g/mol. The predicted molar refractivity (Wildman–Crippen MR) is 121 cm³/mol. The van der Waals surface area contributed by atoms with Gasteiger partial charge >= 0.3 is 0 Å². The van der Waals surface area contributed by atoms with Crippen molar-refractivity contribution in [3.63, 3.8) is 0 Å². The van der Waals surface area contributed by atoms with Crippen LogP contribution in [0.2, 0.25) is 0 Å². The van der Waals surface area contributed by atoms with E-state index >= 15 is 0 Å². The van der Waals surface area contributed by atoms with Gasteiger partial charge in [0.05, 0.1) is 19.0 Å². The van der Waals surface area contributed by atoms with Crippen LogP contribution in [0.3, 0.4) is 0 Å². The number of nitrogens with one attached hydrogen (secondary N) is 2. The Balaban J connectivity index is 1.58. The number of methoxy groups -OCH3 is 1. The molecule has 0 aliphatic heterocycles. The van der Waals surface area contributed by atoms with Crippen molar-refractivity contribution in [2.45, 2.75) is 38.5 Å². The Morgan fingerprint density at radius 1 is 1.07 bits per heavy atom. The number of carbonyl (C=O) groups excluding carboxylic acids is 2. The van der Waals surface area contributed by atoms with Gasteiger partial charge in [-0.05, 0) is 43.2 Å². The number of unbranched alkanes of at least 4 members (excludes halogenated alkanes) is 3. The van der Waals surface area contributed by atoms with Crippen LogP contribution in [0, 0.1) is 0 Å². The summed E-state index contributed by atoms with van der Waals surface area (Å²) >= 11 is 3.39. The Bertz CT molecular complexity index is 886.